The number of imide groups is 1. The zero-order chi connectivity index (χ0) is 25.2. The zero-order valence-electron chi connectivity index (χ0n) is 17.5. The van der Waals surface area contributed by atoms with E-state index in [1.165, 1.54) is 20.3 Å². The molecule has 180 valence electrons. The minimum absolute atomic E-state index is 0.0114. The summed E-state index contributed by atoms with van der Waals surface area (Å²) in [5.74, 6) is -1.17. The Labute approximate surface area is 212 Å². The van der Waals surface area contributed by atoms with E-state index in [2.05, 4.69) is 37.2 Å². The van der Waals surface area contributed by atoms with Crippen LogP contribution in [0.4, 0.5) is 23.7 Å². The number of hydrogen-bond donors (Lipinski definition) is 1. The maximum absolute atomic E-state index is 13.0. The molecule has 1 aliphatic heterocycles. The molecule has 0 unspecified atom stereocenters. The van der Waals surface area contributed by atoms with E-state index in [1.54, 1.807) is 12.1 Å². The average Bonchev–Trinajstić information content (AvgIpc) is 3.00. The second-order valence-electron chi connectivity index (χ2n) is 6.74. The van der Waals surface area contributed by atoms with E-state index in [4.69, 9.17) is 9.47 Å². The number of carbonyl (C=O) groups excluding carboxylic acids is 3. The number of alkyl halides is 3. The number of anilines is 1. The standard InChI is InChI=1S/C21H15Br2F3N2O5S/c1-32-15-4-3-11(21(24,25)26)7-14(15)27-17(29)9-28-19(30)16(34-20(28)31)6-10-5-12(22)8-13(23)18(10)33-2/h3-8H,9H2,1-2H3,(H,27,29)/b16-6-. The van der Waals surface area contributed by atoms with Crippen molar-refractivity contribution in [3.63, 3.8) is 0 Å². The maximum atomic E-state index is 13.0. The van der Waals surface area contributed by atoms with E-state index in [9.17, 15) is 27.6 Å². The van der Waals surface area contributed by atoms with Gasteiger partial charge in [0.2, 0.25) is 5.91 Å². The molecule has 3 rings (SSSR count). The van der Waals surface area contributed by atoms with Gasteiger partial charge in [0.1, 0.15) is 18.0 Å². The molecule has 0 aromatic heterocycles. The minimum Gasteiger partial charge on any atom is -0.495 e. The van der Waals surface area contributed by atoms with Gasteiger partial charge in [-0.25, -0.2) is 0 Å². The van der Waals surface area contributed by atoms with Gasteiger partial charge in [0.25, 0.3) is 11.1 Å². The number of ether oxygens (including phenoxy) is 2. The molecule has 2 aromatic rings. The molecule has 2 aromatic carbocycles. The Bertz CT molecular complexity index is 1200. The topological polar surface area (TPSA) is 84.9 Å². The van der Waals surface area contributed by atoms with Crippen molar-refractivity contribution in [3.05, 3.63) is 55.3 Å². The Morgan fingerprint density at radius 1 is 1.15 bits per heavy atom. The van der Waals surface area contributed by atoms with Gasteiger partial charge in [0.15, 0.2) is 0 Å². The lowest BCUT2D eigenvalue weighted by molar-refractivity contribution is -0.137. The van der Waals surface area contributed by atoms with Gasteiger partial charge in [-0.05, 0) is 64.1 Å². The van der Waals surface area contributed by atoms with Gasteiger partial charge < -0.3 is 14.8 Å². The van der Waals surface area contributed by atoms with E-state index in [0.29, 0.717) is 43.0 Å². The first-order valence-corrected chi connectivity index (χ1v) is 11.7. The fourth-order valence-corrected chi connectivity index (χ4v) is 5.25. The summed E-state index contributed by atoms with van der Waals surface area (Å²) in [6, 6.07) is 6.01. The molecule has 0 saturated carbocycles. The van der Waals surface area contributed by atoms with Crippen LogP contribution in [0.2, 0.25) is 0 Å². The molecule has 1 aliphatic rings. The van der Waals surface area contributed by atoms with Crippen molar-refractivity contribution in [3.8, 4) is 11.5 Å². The van der Waals surface area contributed by atoms with Crippen LogP contribution >= 0.6 is 43.6 Å². The monoisotopic (exact) mass is 622 g/mol. The van der Waals surface area contributed by atoms with Crippen LogP contribution in [0.15, 0.2) is 44.2 Å². The first-order chi connectivity index (χ1) is 15.9. The number of benzene rings is 2. The van der Waals surface area contributed by atoms with Gasteiger partial charge >= 0.3 is 6.18 Å². The number of nitrogens with one attached hydrogen (secondary N) is 1. The highest BCUT2D eigenvalue weighted by atomic mass is 79.9. The van der Waals surface area contributed by atoms with Crippen molar-refractivity contribution in [2.45, 2.75) is 6.18 Å². The van der Waals surface area contributed by atoms with E-state index in [0.717, 1.165) is 12.1 Å². The molecule has 0 bridgehead atoms. The van der Waals surface area contributed by atoms with E-state index >= 15 is 0 Å². The molecule has 7 nitrogen and oxygen atoms in total. The molecule has 34 heavy (non-hydrogen) atoms. The van der Waals surface area contributed by atoms with Crippen molar-refractivity contribution < 1.29 is 37.0 Å². The Morgan fingerprint density at radius 2 is 1.85 bits per heavy atom. The molecule has 0 atom stereocenters. The number of amides is 3. The third-order valence-corrected chi connectivity index (χ3v) is 6.46. The number of carbonyl (C=O) groups is 3. The smallest absolute Gasteiger partial charge is 0.416 e. The predicted octanol–water partition coefficient (Wildman–Crippen LogP) is 5.92. The summed E-state index contributed by atoms with van der Waals surface area (Å²) in [7, 11) is 2.68. The van der Waals surface area contributed by atoms with Crippen molar-refractivity contribution in [1.82, 2.24) is 4.90 Å². The average molecular weight is 624 g/mol. The first-order valence-electron chi connectivity index (χ1n) is 9.28. The molecule has 0 aliphatic carbocycles. The Morgan fingerprint density at radius 3 is 2.47 bits per heavy atom. The number of methoxy groups -OCH3 is 2. The largest absolute Gasteiger partial charge is 0.495 e. The van der Waals surface area contributed by atoms with Crippen LogP contribution in [-0.2, 0) is 15.8 Å². The lowest BCUT2D eigenvalue weighted by Gasteiger charge is -2.16. The van der Waals surface area contributed by atoms with Gasteiger partial charge in [-0.3, -0.25) is 19.3 Å². The van der Waals surface area contributed by atoms with Crippen LogP contribution in [0.5, 0.6) is 11.5 Å². The molecule has 13 heteroatoms. The number of hydrogen-bond acceptors (Lipinski definition) is 6. The van der Waals surface area contributed by atoms with Crippen LogP contribution in [0.25, 0.3) is 6.08 Å². The van der Waals surface area contributed by atoms with Crippen LogP contribution in [0.3, 0.4) is 0 Å². The van der Waals surface area contributed by atoms with Crippen LogP contribution < -0.4 is 14.8 Å². The molecular weight excluding hydrogens is 609 g/mol. The second-order valence-corrected chi connectivity index (χ2v) is 9.50. The summed E-state index contributed by atoms with van der Waals surface area (Å²) in [5, 5.41) is 1.57. The molecule has 0 spiro atoms. The third-order valence-electron chi connectivity index (χ3n) is 4.50. The Hall–Kier alpha value is -2.51. The van der Waals surface area contributed by atoms with E-state index in [-0.39, 0.29) is 16.3 Å². The number of thioether (sulfide) groups is 1. The van der Waals surface area contributed by atoms with Crippen LogP contribution in [0.1, 0.15) is 11.1 Å². The molecule has 1 saturated heterocycles. The quantitative estimate of drug-likeness (QED) is 0.402. The summed E-state index contributed by atoms with van der Waals surface area (Å²) in [4.78, 5) is 38.4. The molecule has 1 fully saturated rings. The van der Waals surface area contributed by atoms with E-state index in [1.807, 2.05) is 0 Å². The molecular formula is C21H15Br2F3N2O5S. The highest BCUT2D eigenvalue weighted by Gasteiger charge is 2.37. The fourth-order valence-electron chi connectivity index (χ4n) is 3.00. The van der Waals surface area contributed by atoms with Gasteiger partial charge in [-0.1, -0.05) is 15.9 Å². The van der Waals surface area contributed by atoms with Gasteiger partial charge in [0.05, 0.1) is 34.8 Å². The summed E-state index contributed by atoms with van der Waals surface area (Å²) in [5.41, 5.74) is -0.729. The van der Waals surface area contributed by atoms with Gasteiger partial charge in [0, 0.05) is 10.0 Å². The van der Waals surface area contributed by atoms with Crippen molar-refractivity contribution in [2.24, 2.45) is 0 Å². The lowest BCUT2D eigenvalue weighted by atomic mass is 10.1. The first kappa shape index (κ1) is 26.1. The minimum atomic E-state index is -4.63. The highest BCUT2D eigenvalue weighted by molar-refractivity contribution is 9.11. The Kier molecular flexibility index (Phi) is 7.98. The molecule has 3 amide bonds. The van der Waals surface area contributed by atoms with Crippen LogP contribution in [0, 0.1) is 0 Å². The lowest BCUT2D eigenvalue weighted by Crippen LogP contribution is -2.36. The fraction of sp³-hybridized carbons (Fsp3) is 0.190. The van der Waals surface area contributed by atoms with Gasteiger partial charge in [-0.2, -0.15) is 13.2 Å². The number of nitrogens with zero attached hydrogens (tertiary/aromatic N) is 1. The highest BCUT2D eigenvalue weighted by Crippen LogP contribution is 2.38. The molecule has 0 radical (unpaired) electrons. The number of halogens is 5. The number of rotatable bonds is 6. The summed E-state index contributed by atoms with van der Waals surface area (Å²) >= 11 is 7.32. The van der Waals surface area contributed by atoms with Gasteiger partial charge in [-0.15, -0.1) is 0 Å². The third kappa shape index (κ3) is 5.76. The van der Waals surface area contributed by atoms with Crippen molar-refractivity contribution >= 4 is 72.4 Å². The SMILES string of the molecule is COc1ccc(C(F)(F)F)cc1NC(=O)CN1C(=O)S/C(=C\c2cc(Br)cc(Br)c2OC)C1=O. The molecule has 1 N–H and O–H groups in total. The van der Waals surface area contributed by atoms with E-state index < -0.39 is 35.3 Å². The molecule has 1 heterocycles. The second kappa shape index (κ2) is 10.4. The van der Waals surface area contributed by atoms with Crippen LogP contribution in [-0.4, -0.2) is 42.7 Å². The van der Waals surface area contributed by atoms with Crippen molar-refractivity contribution in [2.75, 3.05) is 26.1 Å². The summed E-state index contributed by atoms with van der Waals surface area (Å²) < 4.78 is 50.7. The summed E-state index contributed by atoms with van der Waals surface area (Å²) in [6.07, 6.45) is -3.18. The Balaban J connectivity index is 1.81. The maximum Gasteiger partial charge on any atom is 0.416 e. The zero-order valence-corrected chi connectivity index (χ0v) is 21.4. The predicted molar refractivity (Wildman–Crippen MR) is 128 cm³/mol. The normalized spacial score (nSPS) is 15.1. The van der Waals surface area contributed by atoms with Crippen molar-refractivity contribution in [1.29, 1.82) is 0 Å². The summed E-state index contributed by atoms with van der Waals surface area (Å²) in [6.45, 7) is -0.694.